The third kappa shape index (κ3) is 2.75. The van der Waals surface area contributed by atoms with Crippen LogP contribution in [0, 0.1) is 5.82 Å². The van der Waals surface area contributed by atoms with Crippen LogP contribution >= 0.6 is 0 Å². The summed E-state index contributed by atoms with van der Waals surface area (Å²) in [5, 5.41) is 0. The van der Waals surface area contributed by atoms with Crippen LogP contribution in [0.2, 0.25) is 0 Å². The lowest BCUT2D eigenvalue weighted by molar-refractivity contribution is 0.600. The molecule has 2 aromatic rings. The highest BCUT2D eigenvalue weighted by atomic mass is 32.2. The fourth-order valence-corrected chi connectivity index (χ4v) is 2.31. The predicted molar refractivity (Wildman–Crippen MR) is 65.9 cm³/mol. The Morgan fingerprint density at radius 2 is 2.00 bits per heavy atom. The van der Waals surface area contributed by atoms with E-state index in [1.165, 1.54) is 30.3 Å². The van der Waals surface area contributed by atoms with Crippen LogP contribution < -0.4 is 10.5 Å². The lowest BCUT2D eigenvalue weighted by atomic mass is 10.3. The Kier molecular flexibility index (Phi) is 3.15. The summed E-state index contributed by atoms with van der Waals surface area (Å²) in [4.78, 5) is 3.65. The quantitative estimate of drug-likeness (QED) is 0.884. The smallest absolute Gasteiger partial charge is 0.263 e. The van der Waals surface area contributed by atoms with Crippen LogP contribution in [-0.4, -0.2) is 13.4 Å². The molecule has 0 amide bonds. The Balaban J connectivity index is 2.30. The number of nitrogens with two attached hydrogens (primary N) is 1. The van der Waals surface area contributed by atoms with Gasteiger partial charge in [-0.05, 0) is 30.3 Å². The van der Waals surface area contributed by atoms with Gasteiger partial charge in [-0.3, -0.25) is 4.72 Å². The van der Waals surface area contributed by atoms with Crippen LogP contribution in [0.5, 0.6) is 0 Å². The van der Waals surface area contributed by atoms with Gasteiger partial charge in [0.15, 0.2) is 0 Å². The van der Waals surface area contributed by atoms with Gasteiger partial charge < -0.3 is 5.73 Å². The van der Waals surface area contributed by atoms with Crippen molar-refractivity contribution >= 4 is 21.5 Å². The maximum Gasteiger partial charge on any atom is 0.263 e. The molecule has 2 rings (SSSR count). The monoisotopic (exact) mass is 267 g/mol. The minimum atomic E-state index is -3.78. The molecule has 1 aromatic carbocycles. The third-order valence-electron chi connectivity index (χ3n) is 2.15. The first-order valence-electron chi connectivity index (χ1n) is 4.97. The number of hydrogen-bond donors (Lipinski definition) is 2. The van der Waals surface area contributed by atoms with Gasteiger partial charge in [-0.15, -0.1) is 0 Å². The summed E-state index contributed by atoms with van der Waals surface area (Å²) >= 11 is 0. The van der Waals surface area contributed by atoms with Crippen LogP contribution in [0.3, 0.4) is 0 Å². The van der Waals surface area contributed by atoms with E-state index < -0.39 is 15.8 Å². The van der Waals surface area contributed by atoms with E-state index in [-0.39, 0.29) is 16.4 Å². The minimum absolute atomic E-state index is 0.0408. The van der Waals surface area contributed by atoms with Gasteiger partial charge in [-0.2, -0.15) is 0 Å². The summed E-state index contributed by atoms with van der Waals surface area (Å²) < 4.78 is 39.0. The van der Waals surface area contributed by atoms with Crippen molar-refractivity contribution in [2.24, 2.45) is 0 Å². The lowest BCUT2D eigenvalue weighted by Gasteiger charge is -2.07. The molecule has 0 unspecified atom stereocenters. The number of halogens is 1. The van der Waals surface area contributed by atoms with Crippen LogP contribution in [-0.2, 0) is 10.0 Å². The van der Waals surface area contributed by atoms with E-state index in [1.54, 1.807) is 0 Å². The standard InChI is InChI=1S/C11H10FN3O2S/c12-8-2-1-3-9(6-8)15-18(16,17)10-4-5-11(13)14-7-10/h1-7,15H,(H2,13,14). The number of sulfonamides is 1. The second-order valence-corrected chi connectivity index (χ2v) is 5.22. The van der Waals surface area contributed by atoms with Gasteiger partial charge in [0.25, 0.3) is 10.0 Å². The Morgan fingerprint density at radius 3 is 2.61 bits per heavy atom. The molecule has 7 heteroatoms. The number of aromatic nitrogens is 1. The van der Waals surface area contributed by atoms with E-state index in [0.717, 1.165) is 12.3 Å². The maximum absolute atomic E-state index is 12.9. The van der Waals surface area contributed by atoms with Crippen LogP contribution in [0.4, 0.5) is 15.9 Å². The summed E-state index contributed by atoms with van der Waals surface area (Å²) in [6, 6.07) is 7.87. The molecule has 0 atom stereocenters. The fourth-order valence-electron chi connectivity index (χ4n) is 1.32. The average Bonchev–Trinajstić information content (AvgIpc) is 2.29. The number of rotatable bonds is 3. The van der Waals surface area contributed by atoms with Crippen molar-refractivity contribution in [2.75, 3.05) is 10.5 Å². The van der Waals surface area contributed by atoms with Crippen molar-refractivity contribution in [1.82, 2.24) is 4.98 Å². The molecule has 0 bridgehead atoms. The van der Waals surface area contributed by atoms with Gasteiger partial charge in [0.2, 0.25) is 0 Å². The predicted octanol–water partition coefficient (Wildman–Crippen LogP) is 1.60. The normalized spacial score (nSPS) is 11.2. The summed E-state index contributed by atoms with van der Waals surface area (Å²) in [6.07, 6.45) is 1.14. The number of nitrogen functional groups attached to an aromatic ring is 1. The highest BCUT2D eigenvalue weighted by Crippen LogP contribution is 2.16. The summed E-state index contributed by atoms with van der Waals surface area (Å²) in [7, 11) is -3.78. The van der Waals surface area contributed by atoms with Crippen molar-refractivity contribution in [2.45, 2.75) is 4.90 Å². The first kappa shape index (κ1) is 12.3. The molecular formula is C11H10FN3O2S. The molecule has 94 valence electrons. The van der Waals surface area contributed by atoms with Gasteiger partial charge in [0, 0.05) is 6.20 Å². The zero-order valence-electron chi connectivity index (χ0n) is 9.17. The summed E-state index contributed by atoms with van der Waals surface area (Å²) in [6.45, 7) is 0. The van der Waals surface area contributed by atoms with Crippen molar-refractivity contribution in [3.8, 4) is 0 Å². The molecule has 0 aliphatic rings. The molecule has 3 N–H and O–H groups in total. The Hall–Kier alpha value is -2.15. The number of nitrogens with zero attached hydrogens (tertiary/aromatic N) is 1. The number of nitrogens with one attached hydrogen (secondary N) is 1. The topological polar surface area (TPSA) is 85.1 Å². The molecule has 18 heavy (non-hydrogen) atoms. The second kappa shape index (κ2) is 4.61. The number of benzene rings is 1. The van der Waals surface area contributed by atoms with Gasteiger partial charge in [-0.1, -0.05) is 6.07 Å². The Bertz CT molecular complexity index is 656. The Morgan fingerprint density at radius 1 is 1.22 bits per heavy atom. The molecule has 0 saturated carbocycles. The molecule has 5 nitrogen and oxygen atoms in total. The first-order valence-corrected chi connectivity index (χ1v) is 6.45. The molecule has 0 aliphatic heterocycles. The van der Waals surface area contributed by atoms with Crippen molar-refractivity contribution < 1.29 is 12.8 Å². The number of anilines is 2. The van der Waals surface area contributed by atoms with E-state index in [0.29, 0.717) is 0 Å². The van der Waals surface area contributed by atoms with E-state index in [1.807, 2.05) is 0 Å². The van der Waals surface area contributed by atoms with E-state index in [4.69, 9.17) is 5.73 Å². The first-order chi connectivity index (χ1) is 8.47. The average molecular weight is 267 g/mol. The SMILES string of the molecule is Nc1ccc(S(=O)(=O)Nc2cccc(F)c2)cn1. The molecular weight excluding hydrogens is 257 g/mol. The van der Waals surface area contributed by atoms with Crippen molar-refractivity contribution in [3.05, 3.63) is 48.4 Å². The minimum Gasteiger partial charge on any atom is -0.384 e. The van der Waals surface area contributed by atoms with Crippen LogP contribution in [0.25, 0.3) is 0 Å². The van der Waals surface area contributed by atoms with Gasteiger partial charge >= 0.3 is 0 Å². The van der Waals surface area contributed by atoms with E-state index >= 15 is 0 Å². The third-order valence-corrected chi connectivity index (χ3v) is 3.51. The van der Waals surface area contributed by atoms with Crippen molar-refractivity contribution in [1.29, 1.82) is 0 Å². The molecule has 0 radical (unpaired) electrons. The molecule has 1 heterocycles. The van der Waals surface area contributed by atoms with Crippen molar-refractivity contribution in [3.63, 3.8) is 0 Å². The second-order valence-electron chi connectivity index (χ2n) is 3.53. The van der Waals surface area contributed by atoms with Crippen LogP contribution in [0.1, 0.15) is 0 Å². The molecule has 0 saturated heterocycles. The zero-order chi connectivity index (χ0) is 13.2. The van der Waals surface area contributed by atoms with E-state index in [9.17, 15) is 12.8 Å². The van der Waals surface area contributed by atoms with Gasteiger partial charge in [0.05, 0.1) is 5.69 Å². The van der Waals surface area contributed by atoms with Gasteiger partial charge in [-0.25, -0.2) is 17.8 Å². The van der Waals surface area contributed by atoms with Crippen LogP contribution in [0.15, 0.2) is 47.5 Å². The summed E-state index contributed by atoms with van der Waals surface area (Å²) in [5.41, 5.74) is 5.51. The van der Waals surface area contributed by atoms with E-state index in [2.05, 4.69) is 9.71 Å². The summed E-state index contributed by atoms with van der Waals surface area (Å²) in [5.74, 6) is -0.301. The van der Waals surface area contributed by atoms with Gasteiger partial charge in [0.1, 0.15) is 16.5 Å². The molecule has 0 spiro atoms. The zero-order valence-corrected chi connectivity index (χ0v) is 9.99. The largest absolute Gasteiger partial charge is 0.384 e. The molecule has 0 aliphatic carbocycles. The highest BCUT2D eigenvalue weighted by molar-refractivity contribution is 7.92. The molecule has 1 aromatic heterocycles. The fraction of sp³-hybridized carbons (Fsp3) is 0. The maximum atomic E-state index is 12.9. The number of hydrogen-bond acceptors (Lipinski definition) is 4. The Labute approximate surface area is 104 Å². The highest BCUT2D eigenvalue weighted by Gasteiger charge is 2.14. The number of pyridine rings is 1. The lowest BCUT2D eigenvalue weighted by Crippen LogP contribution is -2.13. The molecule has 0 fully saturated rings.